The Balaban J connectivity index is 2.07. The van der Waals surface area contributed by atoms with Gasteiger partial charge in [-0.2, -0.15) is 0 Å². The fourth-order valence-electron chi connectivity index (χ4n) is 3.01. The monoisotopic (exact) mass is 442 g/mol. The van der Waals surface area contributed by atoms with Gasteiger partial charge < -0.3 is 14.3 Å². The summed E-state index contributed by atoms with van der Waals surface area (Å²) in [5.74, 6) is -2.37. The van der Waals surface area contributed by atoms with Crippen molar-refractivity contribution >= 4 is 20.3 Å². The van der Waals surface area contributed by atoms with Crippen LogP contribution >= 0.6 is 0 Å². The Morgan fingerprint density at radius 3 is 1.84 bits per heavy atom. The Morgan fingerprint density at radius 1 is 0.935 bits per heavy atom. The van der Waals surface area contributed by atoms with Crippen molar-refractivity contribution < 1.29 is 23.9 Å². The fraction of sp³-hybridized carbons (Fsp3) is 0.440. The molecule has 0 saturated carbocycles. The molecule has 0 aliphatic heterocycles. The molecule has 0 aliphatic carbocycles. The second-order valence-electron chi connectivity index (χ2n) is 9.27. The topological polar surface area (TPSA) is 72.8 Å². The number of rotatable bonds is 10. The van der Waals surface area contributed by atoms with Gasteiger partial charge in [0.2, 0.25) is 0 Å². The Bertz CT molecular complexity index is 804. The van der Waals surface area contributed by atoms with E-state index in [0.29, 0.717) is 13.0 Å². The molecule has 0 amide bonds. The van der Waals surface area contributed by atoms with Crippen molar-refractivity contribution in [3.05, 3.63) is 71.8 Å². The fourth-order valence-corrected chi connectivity index (χ4v) is 4.10. The maximum Gasteiger partial charge on any atom is 0.345 e. The number of hydrogen-bond donors (Lipinski definition) is 1. The zero-order valence-electron chi connectivity index (χ0n) is 19.1. The van der Waals surface area contributed by atoms with Crippen LogP contribution in [0.3, 0.4) is 0 Å². The summed E-state index contributed by atoms with van der Waals surface area (Å²) in [5, 5.41) is 9.71. The zero-order chi connectivity index (χ0) is 23.1. The van der Waals surface area contributed by atoms with E-state index in [2.05, 4.69) is 33.9 Å². The highest BCUT2D eigenvalue weighted by Gasteiger charge is 2.37. The molecular formula is C25H34O5Si. The van der Waals surface area contributed by atoms with Crippen LogP contribution in [0.4, 0.5) is 0 Å². The first-order valence-electron chi connectivity index (χ1n) is 10.7. The summed E-state index contributed by atoms with van der Waals surface area (Å²) in [6.45, 7) is 11.3. The van der Waals surface area contributed by atoms with Gasteiger partial charge in [-0.3, -0.25) is 4.79 Å². The normalized spacial score (nSPS) is 13.1. The maximum absolute atomic E-state index is 13.1. The van der Waals surface area contributed by atoms with E-state index in [1.54, 1.807) is 0 Å². The van der Waals surface area contributed by atoms with Crippen molar-refractivity contribution in [2.75, 3.05) is 6.61 Å². The minimum atomic E-state index is -1.90. The number of aliphatic carboxylic acids is 1. The molecule has 0 aliphatic rings. The van der Waals surface area contributed by atoms with Gasteiger partial charge in [0.15, 0.2) is 14.4 Å². The highest BCUT2D eigenvalue weighted by molar-refractivity contribution is 6.74. The lowest BCUT2D eigenvalue weighted by atomic mass is 9.91. The first kappa shape index (κ1) is 24.8. The molecule has 31 heavy (non-hydrogen) atoms. The largest absolute Gasteiger partial charge is 0.479 e. The molecular weight excluding hydrogens is 408 g/mol. The van der Waals surface area contributed by atoms with Gasteiger partial charge in [0.05, 0.1) is 0 Å². The van der Waals surface area contributed by atoms with Gasteiger partial charge in [-0.15, -0.1) is 0 Å². The van der Waals surface area contributed by atoms with Crippen LogP contribution in [0.1, 0.15) is 50.7 Å². The van der Waals surface area contributed by atoms with Crippen LogP contribution in [0, 0.1) is 0 Å². The second kappa shape index (κ2) is 10.7. The number of ether oxygens (including phenoxy) is 1. The number of carboxylic acids is 1. The molecule has 168 valence electrons. The highest BCUT2D eigenvalue weighted by atomic mass is 28.4. The van der Waals surface area contributed by atoms with Crippen molar-refractivity contribution in [2.24, 2.45) is 0 Å². The van der Waals surface area contributed by atoms with Gasteiger partial charge in [0.1, 0.15) is 5.92 Å². The van der Waals surface area contributed by atoms with Gasteiger partial charge in [-0.1, -0.05) is 81.4 Å². The Kier molecular flexibility index (Phi) is 8.59. The Hall–Kier alpha value is -2.44. The smallest absolute Gasteiger partial charge is 0.345 e. The summed E-state index contributed by atoms with van der Waals surface area (Å²) < 4.78 is 11.6. The molecule has 2 aromatic rings. The molecule has 2 aromatic carbocycles. The lowest BCUT2D eigenvalue weighted by Gasteiger charge is -2.36. The van der Waals surface area contributed by atoms with E-state index in [1.165, 1.54) is 0 Å². The van der Waals surface area contributed by atoms with E-state index in [1.807, 2.05) is 60.7 Å². The second-order valence-corrected chi connectivity index (χ2v) is 14.1. The number of carbonyl (C=O) groups excluding carboxylic acids is 1. The number of esters is 1. The van der Waals surface area contributed by atoms with E-state index in [0.717, 1.165) is 11.1 Å². The molecule has 6 heteroatoms. The van der Waals surface area contributed by atoms with Crippen molar-refractivity contribution in [1.82, 2.24) is 0 Å². The summed E-state index contributed by atoms with van der Waals surface area (Å²) in [4.78, 5) is 24.8. The standard InChI is InChI=1S/C25H34O5Si/c1-25(2,3)31(4,5)29-18-12-17-21(23(26)27)30-24(28)22(19-13-8-6-9-14-19)20-15-10-7-11-16-20/h6-11,13-16,21-22H,12,17-18H2,1-5H3,(H,26,27). The molecule has 1 N–H and O–H groups in total. The van der Waals surface area contributed by atoms with Crippen LogP contribution in [0.25, 0.3) is 0 Å². The van der Waals surface area contributed by atoms with Crippen LogP contribution < -0.4 is 0 Å². The molecule has 1 unspecified atom stereocenters. The van der Waals surface area contributed by atoms with Crippen molar-refractivity contribution in [3.8, 4) is 0 Å². The lowest BCUT2D eigenvalue weighted by Crippen LogP contribution is -2.41. The molecule has 0 radical (unpaired) electrons. The molecule has 0 aromatic heterocycles. The van der Waals surface area contributed by atoms with E-state index >= 15 is 0 Å². The maximum atomic E-state index is 13.1. The third kappa shape index (κ3) is 7.04. The van der Waals surface area contributed by atoms with Crippen molar-refractivity contribution in [1.29, 1.82) is 0 Å². The quantitative estimate of drug-likeness (QED) is 0.294. The predicted octanol–water partition coefficient (Wildman–Crippen LogP) is 5.62. The van der Waals surface area contributed by atoms with Gasteiger partial charge in [-0.25, -0.2) is 4.79 Å². The van der Waals surface area contributed by atoms with E-state index in [-0.39, 0.29) is 11.5 Å². The molecule has 0 bridgehead atoms. The average molecular weight is 443 g/mol. The lowest BCUT2D eigenvalue weighted by molar-refractivity contribution is -0.165. The minimum Gasteiger partial charge on any atom is -0.479 e. The summed E-state index contributed by atoms with van der Waals surface area (Å²) >= 11 is 0. The van der Waals surface area contributed by atoms with Gasteiger partial charge in [0, 0.05) is 6.61 Å². The van der Waals surface area contributed by atoms with E-state index in [4.69, 9.17) is 9.16 Å². The third-order valence-corrected chi connectivity index (χ3v) is 10.5. The summed E-state index contributed by atoms with van der Waals surface area (Å²) in [6, 6.07) is 18.6. The molecule has 0 heterocycles. The van der Waals surface area contributed by atoms with E-state index in [9.17, 15) is 14.7 Å². The molecule has 0 fully saturated rings. The van der Waals surface area contributed by atoms with Gasteiger partial charge in [-0.05, 0) is 42.1 Å². The SMILES string of the molecule is CC(C)(C)[Si](C)(C)OCCCC(OC(=O)C(c1ccccc1)c1ccccc1)C(=O)O. The predicted molar refractivity (Wildman–Crippen MR) is 125 cm³/mol. The molecule has 0 saturated heterocycles. The molecule has 1 atom stereocenters. The number of carboxylic acid groups (broad SMARTS) is 1. The Morgan fingerprint density at radius 2 is 1.42 bits per heavy atom. The van der Waals surface area contributed by atoms with Crippen LogP contribution in [-0.2, 0) is 18.8 Å². The summed E-state index contributed by atoms with van der Waals surface area (Å²) in [7, 11) is -1.90. The van der Waals surface area contributed by atoms with Crippen LogP contribution in [0.15, 0.2) is 60.7 Å². The molecule has 0 spiro atoms. The van der Waals surface area contributed by atoms with Crippen LogP contribution in [0.2, 0.25) is 18.1 Å². The van der Waals surface area contributed by atoms with Crippen molar-refractivity contribution in [2.45, 2.75) is 63.8 Å². The third-order valence-electron chi connectivity index (χ3n) is 5.92. The van der Waals surface area contributed by atoms with Gasteiger partial charge >= 0.3 is 11.9 Å². The first-order valence-corrected chi connectivity index (χ1v) is 13.6. The van der Waals surface area contributed by atoms with Crippen LogP contribution in [0.5, 0.6) is 0 Å². The Labute approximate surface area is 186 Å². The summed E-state index contributed by atoms with van der Waals surface area (Å²) in [6.07, 6.45) is -0.477. The minimum absolute atomic E-state index is 0.0876. The van der Waals surface area contributed by atoms with Gasteiger partial charge in [0.25, 0.3) is 0 Å². The average Bonchev–Trinajstić information content (AvgIpc) is 2.71. The zero-order valence-corrected chi connectivity index (χ0v) is 20.1. The number of hydrogen-bond acceptors (Lipinski definition) is 4. The first-order chi connectivity index (χ1) is 14.5. The molecule has 2 rings (SSSR count). The molecule has 5 nitrogen and oxygen atoms in total. The van der Waals surface area contributed by atoms with Crippen LogP contribution in [-0.4, -0.2) is 38.1 Å². The van der Waals surface area contributed by atoms with E-state index < -0.39 is 32.3 Å². The number of benzene rings is 2. The number of carbonyl (C=O) groups is 2. The highest BCUT2D eigenvalue weighted by Crippen LogP contribution is 2.36. The summed E-state index contributed by atoms with van der Waals surface area (Å²) in [5.41, 5.74) is 1.54. The van der Waals surface area contributed by atoms with Crippen molar-refractivity contribution in [3.63, 3.8) is 0 Å².